The quantitative estimate of drug-likeness (QED) is 0.541. The number of hydrogen-bond donors (Lipinski definition) is 1. The Hall–Kier alpha value is -3.13. The molecule has 33 heavy (non-hydrogen) atoms. The predicted octanol–water partition coefficient (Wildman–Crippen LogP) is 2.43. The second-order valence-corrected chi connectivity index (χ2v) is 10.1. The highest BCUT2D eigenvalue weighted by Gasteiger charge is 2.46. The van der Waals surface area contributed by atoms with E-state index >= 15 is 0 Å². The number of fused-ring (bicyclic) bond motifs is 1. The lowest BCUT2D eigenvalue weighted by atomic mass is 10.1. The molecule has 1 N–H and O–H groups in total. The molecule has 0 bridgehead atoms. The number of carbonyl (C=O) groups is 1. The summed E-state index contributed by atoms with van der Waals surface area (Å²) < 4.78 is 71.8. The highest BCUT2D eigenvalue weighted by molar-refractivity contribution is 7.93. The smallest absolute Gasteiger partial charge is 0.422 e. The molecule has 1 amide bonds. The molecule has 0 aromatic carbocycles. The van der Waals surface area contributed by atoms with Gasteiger partial charge in [-0.2, -0.15) is 13.2 Å². The van der Waals surface area contributed by atoms with Crippen molar-refractivity contribution in [1.29, 1.82) is 0 Å². The van der Waals surface area contributed by atoms with Gasteiger partial charge in [-0.15, -0.1) is 5.10 Å². The molecule has 176 valence electrons. The van der Waals surface area contributed by atoms with E-state index < -0.39 is 34.1 Å². The Balaban J connectivity index is 1.52. The van der Waals surface area contributed by atoms with Gasteiger partial charge in [0, 0.05) is 12.3 Å². The number of hydrogen-bond acceptors (Lipinski definition) is 8. The summed E-state index contributed by atoms with van der Waals surface area (Å²) in [5.41, 5.74) is -0.620. The van der Waals surface area contributed by atoms with Crippen molar-refractivity contribution in [3.63, 3.8) is 0 Å². The first-order valence-corrected chi connectivity index (χ1v) is 11.4. The van der Waals surface area contributed by atoms with Gasteiger partial charge >= 0.3 is 6.18 Å². The Labute approximate surface area is 189 Å². The third kappa shape index (κ3) is 5.45. The summed E-state index contributed by atoms with van der Waals surface area (Å²) in [5.74, 6) is -1.67. The molecule has 0 atom stereocenters. The fourth-order valence-corrected chi connectivity index (χ4v) is 5.36. The topological polar surface area (TPSA) is 125 Å². The van der Waals surface area contributed by atoms with Crippen LogP contribution >= 0.6 is 11.6 Å². The van der Waals surface area contributed by atoms with E-state index in [9.17, 15) is 26.4 Å². The van der Waals surface area contributed by atoms with Crippen molar-refractivity contribution in [1.82, 2.24) is 24.9 Å². The van der Waals surface area contributed by atoms with Gasteiger partial charge in [0.05, 0.1) is 28.3 Å². The van der Waals surface area contributed by atoms with Crippen molar-refractivity contribution < 1.29 is 35.9 Å². The summed E-state index contributed by atoms with van der Waals surface area (Å²) in [6.45, 7) is 0.0391. The first kappa shape index (κ1) is 23.0. The summed E-state index contributed by atoms with van der Waals surface area (Å²) in [7, 11) is -3.16. The number of rotatable bonds is 6. The number of nitrogens with one attached hydrogen (secondary N) is 1. The van der Waals surface area contributed by atoms with Crippen LogP contribution in [-0.2, 0) is 9.84 Å². The molecule has 0 aliphatic carbocycles. The van der Waals surface area contributed by atoms with E-state index in [0.29, 0.717) is 0 Å². The molecule has 4 heterocycles. The lowest BCUT2D eigenvalue weighted by Gasteiger charge is -2.37. The molecule has 0 unspecified atom stereocenters. The lowest BCUT2D eigenvalue weighted by Crippen LogP contribution is -2.63. The number of nitrogens with zero attached hydrogens (tertiary/aromatic N) is 4. The highest BCUT2D eigenvalue weighted by Crippen LogP contribution is 2.33. The van der Waals surface area contributed by atoms with Crippen LogP contribution < -0.4 is 14.8 Å². The monoisotopic (exact) mass is 505 g/mol. The van der Waals surface area contributed by atoms with E-state index in [1.54, 1.807) is 6.92 Å². The number of ether oxygens (including phenoxy) is 2. The van der Waals surface area contributed by atoms with Crippen LogP contribution in [0.2, 0.25) is 5.02 Å². The maximum absolute atomic E-state index is 12.5. The van der Waals surface area contributed by atoms with E-state index in [-0.39, 0.29) is 45.4 Å². The van der Waals surface area contributed by atoms with E-state index in [4.69, 9.17) is 21.1 Å². The maximum Gasteiger partial charge on any atom is 0.422 e. The van der Waals surface area contributed by atoms with Crippen LogP contribution in [0.3, 0.4) is 0 Å². The van der Waals surface area contributed by atoms with Crippen molar-refractivity contribution in [2.75, 3.05) is 18.1 Å². The SMILES string of the molecule is CC1(NC(=O)c2nc3ccc(Oc4ncc(Cl)cc4OCC(F)(F)F)cn3n2)CS(=O)(=O)C1. The molecule has 1 aliphatic heterocycles. The molecule has 0 spiro atoms. The average Bonchev–Trinajstić information content (AvgIpc) is 3.09. The molecule has 3 aromatic heterocycles. The third-order valence-corrected chi connectivity index (χ3v) is 6.75. The van der Waals surface area contributed by atoms with Gasteiger partial charge in [-0.25, -0.2) is 22.9 Å². The third-order valence-electron chi connectivity index (χ3n) is 4.39. The number of sulfone groups is 1. The summed E-state index contributed by atoms with van der Waals surface area (Å²) >= 11 is 5.78. The average molecular weight is 506 g/mol. The molecular formula is C18H15ClF3N5O5S. The molecule has 4 rings (SSSR count). The van der Waals surface area contributed by atoms with Crippen LogP contribution in [0.5, 0.6) is 17.4 Å². The molecule has 10 nitrogen and oxygen atoms in total. The Bertz CT molecular complexity index is 1330. The van der Waals surface area contributed by atoms with Gasteiger partial charge in [0.2, 0.25) is 5.82 Å². The minimum absolute atomic E-state index is 0.0508. The Morgan fingerprint density at radius 2 is 2.06 bits per heavy atom. The van der Waals surface area contributed by atoms with Gasteiger partial charge in [-0.05, 0) is 19.1 Å². The standard InChI is InChI=1S/C18H15ClF3N5O5S/c1-17(8-33(29,30)9-17)25-15(28)14-24-13-3-2-11(6-27(13)26-14)32-16-12(4-10(19)5-23-16)31-7-18(20,21)22/h2-6H,7-9H2,1H3,(H,25,28). The zero-order valence-electron chi connectivity index (χ0n) is 16.8. The minimum atomic E-state index is -4.57. The summed E-state index contributed by atoms with van der Waals surface area (Å²) in [4.78, 5) is 20.4. The van der Waals surface area contributed by atoms with Gasteiger partial charge in [0.25, 0.3) is 11.8 Å². The highest BCUT2D eigenvalue weighted by atomic mass is 35.5. The fourth-order valence-electron chi connectivity index (χ4n) is 3.21. The molecule has 0 radical (unpaired) electrons. The van der Waals surface area contributed by atoms with Gasteiger partial charge in [0.15, 0.2) is 27.8 Å². The number of pyridine rings is 2. The van der Waals surface area contributed by atoms with E-state index in [1.807, 2.05) is 0 Å². The van der Waals surface area contributed by atoms with Crippen molar-refractivity contribution in [2.24, 2.45) is 0 Å². The Morgan fingerprint density at radius 1 is 1.33 bits per heavy atom. The van der Waals surface area contributed by atoms with E-state index in [1.165, 1.54) is 29.0 Å². The number of carbonyl (C=O) groups excluding carboxylic acids is 1. The molecular weight excluding hydrogens is 491 g/mol. The van der Waals surface area contributed by atoms with Gasteiger partial charge < -0.3 is 14.8 Å². The van der Waals surface area contributed by atoms with Crippen LogP contribution in [0.4, 0.5) is 13.2 Å². The maximum atomic E-state index is 12.5. The summed E-state index contributed by atoms with van der Waals surface area (Å²) in [6.07, 6.45) is -2.07. The van der Waals surface area contributed by atoms with Crippen molar-refractivity contribution >= 4 is 33.0 Å². The number of halogens is 4. The van der Waals surface area contributed by atoms with Crippen molar-refractivity contribution in [2.45, 2.75) is 18.6 Å². The molecule has 1 fully saturated rings. The lowest BCUT2D eigenvalue weighted by molar-refractivity contribution is -0.153. The second-order valence-electron chi connectivity index (χ2n) is 7.61. The Morgan fingerprint density at radius 3 is 2.73 bits per heavy atom. The van der Waals surface area contributed by atoms with E-state index in [2.05, 4.69) is 20.4 Å². The minimum Gasteiger partial charge on any atom is -0.478 e. The molecule has 0 saturated carbocycles. The van der Waals surface area contributed by atoms with Gasteiger partial charge in [-0.3, -0.25) is 4.79 Å². The largest absolute Gasteiger partial charge is 0.478 e. The molecule has 1 saturated heterocycles. The number of amides is 1. The fraction of sp³-hybridized carbons (Fsp3) is 0.333. The molecule has 1 aliphatic rings. The van der Waals surface area contributed by atoms with E-state index in [0.717, 1.165) is 6.07 Å². The Kier molecular flexibility index (Phi) is 5.60. The van der Waals surface area contributed by atoms with Gasteiger partial charge in [0.1, 0.15) is 5.75 Å². The van der Waals surface area contributed by atoms with Crippen LogP contribution in [0.25, 0.3) is 5.65 Å². The van der Waals surface area contributed by atoms with Crippen LogP contribution in [0, 0.1) is 0 Å². The summed E-state index contributed by atoms with van der Waals surface area (Å²) in [5, 5.41) is 6.69. The zero-order valence-corrected chi connectivity index (χ0v) is 18.3. The molecule has 3 aromatic rings. The van der Waals surface area contributed by atoms with Crippen LogP contribution in [-0.4, -0.2) is 63.7 Å². The van der Waals surface area contributed by atoms with Crippen molar-refractivity contribution in [3.05, 3.63) is 41.4 Å². The normalized spacial score (nSPS) is 16.8. The zero-order chi connectivity index (χ0) is 24.0. The second kappa shape index (κ2) is 8.02. The summed E-state index contributed by atoms with van der Waals surface area (Å²) in [6, 6.07) is 4.03. The predicted molar refractivity (Wildman–Crippen MR) is 108 cm³/mol. The number of alkyl halides is 3. The van der Waals surface area contributed by atoms with Crippen LogP contribution in [0.15, 0.2) is 30.6 Å². The number of aromatic nitrogens is 4. The first-order chi connectivity index (χ1) is 15.3. The van der Waals surface area contributed by atoms with Crippen LogP contribution in [0.1, 0.15) is 17.5 Å². The van der Waals surface area contributed by atoms with Gasteiger partial charge in [-0.1, -0.05) is 11.6 Å². The first-order valence-electron chi connectivity index (χ1n) is 9.23. The molecule has 15 heteroatoms. The van der Waals surface area contributed by atoms with Crippen molar-refractivity contribution in [3.8, 4) is 17.4 Å².